The maximum atomic E-state index is 5.45. The molecular weight excluding hydrogens is 226 g/mol. The third kappa shape index (κ3) is 4.49. The third-order valence-electron chi connectivity index (χ3n) is 2.81. The number of nitrogens with zero attached hydrogens (tertiary/aromatic N) is 3. The van der Waals surface area contributed by atoms with Crippen molar-refractivity contribution in [3.8, 4) is 0 Å². The molecule has 0 aliphatic carbocycles. The maximum Gasteiger partial charge on any atom is 0.145 e. The van der Waals surface area contributed by atoms with Crippen molar-refractivity contribution >= 4 is 11.6 Å². The zero-order valence-electron chi connectivity index (χ0n) is 11.9. The van der Waals surface area contributed by atoms with Gasteiger partial charge in [0.2, 0.25) is 0 Å². The van der Waals surface area contributed by atoms with Crippen LogP contribution in [0.1, 0.15) is 39.4 Å². The summed E-state index contributed by atoms with van der Waals surface area (Å²) in [5.74, 6) is 8.60. The third-order valence-corrected chi connectivity index (χ3v) is 2.81. The fraction of sp³-hybridized carbons (Fsp3) is 0.692. The van der Waals surface area contributed by atoms with E-state index in [4.69, 9.17) is 5.84 Å². The summed E-state index contributed by atoms with van der Waals surface area (Å²) in [6.07, 6.45) is 3.05. The SMILES string of the molecule is CCCc1nc(NN)cc(N(C)CCC(C)C)n1. The Morgan fingerprint density at radius 1 is 1.39 bits per heavy atom. The average molecular weight is 251 g/mol. The van der Waals surface area contributed by atoms with Crippen molar-refractivity contribution in [3.63, 3.8) is 0 Å². The van der Waals surface area contributed by atoms with E-state index in [9.17, 15) is 0 Å². The van der Waals surface area contributed by atoms with Crippen LogP contribution in [-0.2, 0) is 6.42 Å². The van der Waals surface area contributed by atoms with Crippen molar-refractivity contribution in [2.45, 2.75) is 40.0 Å². The van der Waals surface area contributed by atoms with E-state index < -0.39 is 0 Å². The number of anilines is 2. The lowest BCUT2D eigenvalue weighted by atomic mass is 10.1. The van der Waals surface area contributed by atoms with E-state index in [0.29, 0.717) is 11.7 Å². The molecule has 0 atom stereocenters. The Bertz CT molecular complexity index is 364. The normalized spacial score (nSPS) is 10.8. The van der Waals surface area contributed by atoms with Crippen molar-refractivity contribution in [1.29, 1.82) is 0 Å². The molecule has 0 saturated carbocycles. The second-order valence-corrected chi connectivity index (χ2v) is 5.03. The Morgan fingerprint density at radius 2 is 2.11 bits per heavy atom. The highest BCUT2D eigenvalue weighted by atomic mass is 15.3. The van der Waals surface area contributed by atoms with Crippen LogP contribution in [0.4, 0.5) is 11.6 Å². The molecular formula is C13H25N5. The summed E-state index contributed by atoms with van der Waals surface area (Å²) in [5, 5.41) is 0. The molecule has 0 radical (unpaired) electrons. The lowest BCUT2D eigenvalue weighted by Gasteiger charge is -2.20. The van der Waals surface area contributed by atoms with Crippen LogP contribution in [0.3, 0.4) is 0 Å². The van der Waals surface area contributed by atoms with E-state index in [0.717, 1.165) is 37.4 Å². The molecule has 0 amide bonds. The molecule has 0 fully saturated rings. The summed E-state index contributed by atoms with van der Waals surface area (Å²) >= 11 is 0. The topological polar surface area (TPSA) is 67.1 Å². The van der Waals surface area contributed by atoms with Crippen LogP contribution in [0.15, 0.2) is 6.07 Å². The van der Waals surface area contributed by atoms with Gasteiger partial charge in [-0.25, -0.2) is 15.8 Å². The highest BCUT2D eigenvalue weighted by Gasteiger charge is 2.08. The van der Waals surface area contributed by atoms with Gasteiger partial charge in [-0.15, -0.1) is 0 Å². The summed E-state index contributed by atoms with van der Waals surface area (Å²) in [5.41, 5.74) is 2.61. The predicted octanol–water partition coefficient (Wildman–Crippen LogP) is 2.20. The lowest BCUT2D eigenvalue weighted by molar-refractivity contribution is 0.583. The first kappa shape index (κ1) is 14.7. The van der Waals surface area contributed by atoms with Crippen LogP contribution in [0.25, 0.3) is 0 Å². The molecule has 1 heterocycles. The quantitative estimate of drug-likeness (QED) is 0.574. The van der Waals surface area contributed by atoms with E-state index in [1.807, 2.05) is 6.07 Å². The molecule has 1 rings (SSSR count). The fourth-order valence-electron chi connectivity index (χ4n) is 1.65. The smallest absolute Gasteiger partial charge is 0.145 e. The largest absolute Gasteiger partial charge is 0.359 e. The second kappa shape index (κ2) is 7.16. The Labute approximate surface area is 110 Å². The zero-order valence-corrected chi connectivity index (χ0v) is 11.9. The summed E-state index contributed by atoms with van der Waals surface area (Å²) in [6, 6.07) is 1.89. The molecule has 1 aromatic heterocycles. The molecule has 0 aromatic carbocycles. The minimum Gasteiger partial charge on any atom is -0.359 e. The highest BCUT2D eigenvalue weighted by molar-refractivity contribution is 5.48. The fourth-order valence-corrected chi connectivity index (χ4v) is 1.65. The van der Waals surface area contributed by atoms with Crippen LogP contribution in [-0.4, -0.2) is 23.6 Å². The van der Waals surface area contributed by atoms with Gasteiger partial charge in [0.05, 0.1) is 0 Å². The van der Waals surface area contributed by atoms with Gasteiger partial charge in [0.15, 0.2) is 0 Å². The zero-order chi connectivity index (χ0) is 13.5. The maximum absolute atomic E-state index is 5.45. The van der Waals surface area contributed by atoms with E-state index in [-0.39, 0.29) is 0 Å². The van der Waals surface area contributed by atoms with E-state index >= 15 is 0 Å². The minimum atomic E-state index is 0.680. The van der Waals surface area contributed by atoms with Gasteiger partial charge in [-0.2, -0.15) is 0 Å². The van der Waals surface area contributed by atoms with Gasteiger partial charge >= 0.3 is 0 Å². The number of nitrogens with two attached hydrogens (primary N) is 1. The van der Waals surface area contributed by atoms with Crippen LogP contribution in [0.5, 0.6) is 0 Å². The molecule has 0 unspecified atom stereocenters. The van der Waals surface area contributed by atoms with Crippen LogP contribution < -0.4 is 16.2 Å². The highest BCUT2D eigenvalue weighted by Crippen LogP contribution is 2.16. The van der Waals surface area contributed by atoms with E-state index in [1.165, 1.54) is 0 Å². The molecule has 0 aliphatic heterocycles. The molecule has 0 saturated heterocycles. The molecule has 5 nitrogen and oxygen atoms in total. The molecule has 18 heavy (non-hydrogen) atoms. The number of nitrogen functional groups attached to an aromatic ring is 1. The molecule has 0 bridgehead atoms. The first-order chi connectivity index (χ1) is 8.56. The lowest BCUT2D eigenvalue weighted by Crippen LogP contribution is -2.22. The van der Waals surface area contributed by atoms with Crippen LogP contribution in [0.2, 0.25) is 0 Å². The molecule has 0 aliphatic rings. The number of aryl methyl sites for hydroxylation is 1. The molecule has 102 valence electrons. The number of hydrazine groups is 1. The number of nitrogens with one attached hydrogen (secondary N) is 1. The van der Waals surface area contributed by atoms with Crippen molar-refractivity contribution in [2.24, 2.45) is 11.8 Å². The van der Waals surface area contributed by atoms with Crippen LogP contribution >= 0.6 is 0 Å². The van der Waals surface area contributed by atoms with Crippen molar-refractivity contribution in [3.05, 3.63) is 11.9 Å². The predicted molar refractivity (Wildman–Crippen MR) is 76.6 cm³/mol. The molecule has 3 N–H and O–H groups in total. The van der Waals surface area contributed by atoms with Gasteiger partial charge in [0.1, 0.15) is 17.5 Å². The molecule has 1 aromatic rings. The Hall–Kier alpha value is -1.36. The van der Waals surface area contributed by atoms with Crippen molar-refractivity contribution in [2.75, 3.05) is 23.9 Å². The van der Waals surface area contributed by atoms with Gasteiger partial charge in [-0.1, -0.05) is 20.8 Å². The summed E-state index contributed by atoms with van der Waals surface area (Å²) in [7, 11) is 2.06. The first-order valence-electron chi connectivity index (χ1n) is 6.62. The van der Waals surface area contributed by atoms with Gasteiger partial charge < -0.3 is 10.3 Å². The summed E-state index contributed by atoms with van der Waals surface area (Å²) in [6.45, 7) is 7.56. The Kier molecular flexibility index (Phi) is 5.85. The van der Waals surface area contributed by atoms with E-state index in [1.54, 1.807) is 0 Å². The van der Waals surface area contributed by atoms with Crippen molar-refractivity contribution < 1.29 is 0 Å². The Morgan fingerprint density at radius 3 is 2.67 bits per heavy atom. The van der Waals surface area contributed by atoms with Gasteiger partial charge in [-0.05, 0) is 18.8 Å². The van der Waals surface area contributed by atoms with Gasteiger partial charge in [0, 0.05) is 26.1 Å². The number of rotatable bonds is 7. The van der Waals surface area contributed by atoms with Crippen molar-refractivity contribution in [1.82, 2.24) is 9.97 Å². The average Bonchev–Trinajstić information content (AvgIpc) is 2.35. The number of hydrogen-bond acceptors (Lipinski definition) is 5. The monoisotopic (exact) mass is 251 g/mol. The standard InChI is InChI=1S/C13H25N5/c1-5-6-11-15-12(17-14)9-13(16-11)18(4)8-7-10(2)3/h9-10H,5-8,14H2,1-4H3,(H,15,16,17). The molecule has 0 spiro atoms. The number of aromatic nitrogens is 2. The summed E-state index contributed by atoms with van der Waals surface area (Å²) < 4.78 is 0. The second-order valence-electron chi connectivity index (χ2n) is 5.03. The Balaban J connectivity index is 2.82. The summed E-state index contributed by atoms with van der Waals surface area (Å²) in [4.78, 5) is 11.1. The van der Waals surface area contributed by atoms with E-state index in [2.05, 4.69) is 48.1 Å². The molecule has 5 heteroatoms. The first-order valence-corrected chi connectivity index (χ1v) is 6.62. The number of hydrogen-bond donors (Lipinski definition) is 2. The van der Waals surface area contributed by atoms with Crippen LogP contribution in [0, 0.1) is 5.92 Å². The van der Waals surface area contributed by atoms with Gasteiger partial charge in [0.25, 0.3) is 0 Å². The minimum absolute atomic E-state index is 0.680. The van der Waals surface area contributed by atoms with Gasteiger partial charge in [-0.3, -0.25) is 0 Å².